The minimum absolute atomic E-state index is 0.00781. The van der Waals surface area contributed by atoms with E-state index in [1.165, 1.54) is 5.56 Å². The Morgan fingerprint density at radius 3 is 2.11 bits per heavy atom. The Kier molecular flexibility index (Phi) is 13.5. The van der Waals surface area contributed by atoms with Crippen LogP contribution >= 0.6 is 0 Å². The number of rotatable bonds is 4. The lowest BCUT2D eigenvalue weighted by Crippen LogP contribution is -2.21. The lowest BCUT2D eigenvalue weighted by molar-refractivity contribution is -0.136. The van der Waals surface area contributed by atoms with Gasteiger partial charge in [0.2, 0.25) is 0 Å². The van der Waals surface area contributed by atoms with Gasteiger partial charge in [-0.2, -0.15) is 0 Å². The van der Waals surface area contributed by atoms with Crippen molar-refractivity contribution in [1.82, 2.24) is 5.32 Å². The van der Waals surface area contributed by atoms with Crippen LogP contribution < -0.4 is 5.32 Å². The molecule has 1 rings (SSSR count). The average Bonchev–Trinajstić information content (AvgIpc) is 2.35. The molecule has 0 amide bonds. The highest BCUT2D eigenvalue weighted by atomic mass is 16.4. The van der Waals surface area contributed by atoms with Crippen LogP contribution in [0.1, 0.15) is 25.0 Å². The summed E-state index contributed by atoms with van der Waals surface area (Å²) >= 11 is 0. The molecule has 1 aromatic carbocycles. The number of hydrogen-bond donors (Lipinski definition) is 3. The summed E-state index contributed by atoms with van der Waals surface area (Å²) in [6.07, 6.45) is 0. The van der Waals surface area contributed by atoms with E-state index in [9.17, 15) is 4.79 Å². The SMILES string of the molecule is CC.Cc1ccc(CNCC(=O)O)cc1.O=CO. The number of aryl methyl sites for hydroxylation is 1. The molecule has 0 atom stereocenters. The predicted molar refractivity (Wildman–Crippen MR) is 70.6 cm³/mol. The Morgan fingerprint density at radius 1 is 1.28 bits per heavy atom. The number of carbonyl (C=O) groups is 2. The van der Waals surface area contributed by atoms with Crippen LogP contribution in [0.2, 0.25) is 0 Å². The molecule has 18 heavy (non-hydrogen) atoms. The van der Waals surface area contributed by atoms with Crippen molar-refractivity contribution in [3.8, 4) is 0 Å². The molecular formula is C13H21NO4. The van der Waals surface area contributed by atoms with Gasteiger partial charge in [0.15, 0.2) is 0 Å². The summed E-state index contributed by atoms with van der Waals surface area (Å²) in [6, 6.07) is 8.00. The Balaban J connectivity index is 0. The number of carboxylic acid groups (broad SMARTS) is 2. The molecule has 0 spiro atoms. The van der Waals surface area contributed by atoms with Crippen LogP contribution in [0.4, 0.5) is 0 Å². The van der Waals surface area contributed by atoms with Gasteiger partial charge in [0, 0.05) is 6.54 Å². The zero-order valence-electron chi connectivity index (χ0n) is 11.0. The molecule has 0 aliphatic rings. The highest BCUT2D eigenvalue weighted by Crippen LogP contribution is 2.01. The van der Waals surface area contributed by atoms with Crippen molar-refractivity contribution in [3.05, 3.63) is 35.4 Å². The Hall–Kier alpha value is -1.88. The number of aliphatic carboxylic acids is 1. The standard InChI is InChI=1S/C10H13NO2.C2H6.CH2O2/c1-8-2-4-9(5-3-8)6-11-7-10(12)13;1-2;2-1-3/h2-5,11H,6-7H2,1H3,(H,12,13);1-2H3;1H,(H,2,3). The quantitative estimate of drug-likeness (QED) is 0.715. The maximum absolute atomic E-state index is 10.2. The summed E-state index contributed by atoms with van der Waals surface area (Å²) in [6.45, 7) is 6.38. The molecule has 0 saturated heterocycles. The van der Waals surface area contributed by atoms with Gasteiger partial charge in [0.25, 0.3) is 6.47 Å². The van der Waals surface area contributed by atoms with Crippen molar-refractivity contribution in [2.24, 2.45) is 0 Å². The van der Waals surface area contributed by atoms with Crippen LogP contribution in [-0.4, -0.2) is 29.2 Å². The van der Waals surface area contributed by atoms with Gasteiger partial charge in [-0.3, -0.25) is 9.59 Å². The van der Waals surface area contributed by atoms with E-state index in [1.54, 1.807) is 0 Å². The molecule has 102 valence electrons. The van der Waals surface area contributed by atoms with Crippen molar-refractivity contribution in [2.45, 2.75) is 27.3 Å². The van der Waals surface area contributed by atoms with E-state index in [-0.39, 0.29) is 13.0 Å². The molecule has 0 saturated carbocycles. The van der Waals surface area contributed by atoms with Gasteiger partial charge in [0.1, 0.15) is 0 Å². The third-order valence-corrected chi connectivity index (χ3v) is 1.73. The molecule has 0 unspecified atom stereocenters. The van der Waals surface area contributed by atoms with E-state index < -0.39 is 5.97 Å². The van der Waals surface area contributed by atoms with Crippen molar-refractivity contribution in [1.29, 1.82) is 0 Å². The fourth-order valence-corrected chi connectivity index (χ4v) is 1.02. The normalized spacial score (nSPS) is 8.17. The van der Waals surface area contributed by atoms with E-state index >= 15 is 0 Å². The molecule has 0 fully saturated rings. The van der Waals surface area contributed by atoms with E-state index in [1.807, 2.05) is 45.0 Å². The number of nitrogens with one attached hydrogen (secondary N) is 1. The van der Waals surface area contributed by atoms with Crippen molar-refractivity contribution in [3.63, 3.8) is 0 Å². The summed E-state index contributed by atoms with van der Waals surface area (Å²) in [5.41, 5.74) is 2.31. The van der Waals surface area contributed by atoms with Gasteiger partial charge >= 0.3 is 5.97 Å². The fourth-order valence-electron chi connectivity index (χ4n) is 1.02. The third kappa shape index (κ3) is 12.2. The minimum atomic E-state index is -0.827. The van der Waals surface area contributed by atoms with Gasteiger partial charge in [-0.1, -0.05) is 43.7 Å². The monoisotopic (exact) mass is 255 g/mol. The summed E-state index contributed by atoms with van der Waals surface area (Å²) in [5.74, 6) is -0.827. The van der Waals surface area contributed by atoms with Crippen LogP contribution in [-0.2, 0) is 16.1 Å². The Morgan fingerprint density at radius 2 is 1.72 bits per heavy atom. The maximum Gasteiger partial charge on any atom is 0.317 e. The first kappa shape index (κ1) is 18.5. The van der Waals surface area contributed by atoms with Gasteiger partial charge in [-0.15, -0.1) is 0 Å². The Labute approximate surface area is 107 Å². The van der Waals surface area contributed by atoms with Gasteiger partial charge in [0.05, 0.1) is 6.54 Å². The molecule has 3 N–H and O–H groups in total. The summed E-state index contributed by atoms with van der Waals surface area (Å²) < 4.78 is 0. The smallest absolute Gasteiger partial charge is 0.317 e. The summed E-state index contributed by atoms with van der Waals surface area (Å²) in [5, 5.41) is 18.1. The molecule has 5 nitrogen and oxygen atoms in total. The zero-order valence-corrected chi connectivity index (χ0v) is 11.0. The van der Waals surface area contributed by atoms with E-state index in [2.05, 4.69) is 5.32 Å². The van der Waals surface area contributed by atoms with Crippen LogP contribution in [0.15, 0.2) is 24.3 Å². The van der Waals surface area contributed by atoms with Crippen LogP contribution in [0.25, 0.3) is 0 Å². The second-order valence-corrected chi connectivity index (χ2v) is 3.09. The van der Waals surface area contributed by atoms with Crippen molar-refractivity contribution < 1.29 is 19.8 Å². The molecule has 0 bridgehead atoms. The molecule has 0 aliphatic heterocycles. The zero-order chi connectivity index (χ0) is 14.4. The highest BCUT2D eigenvalue weighted by molar-refractivity contribution is 5.68. The highest BCUT2D eigenvalue weighted by Gasteiger charge is 1.95. The number of hydrogen-bond acceptors (Lipinski definition) is 3. The first-order valence-corrected chi connectivity index (χ1v) is 5.66. The van der Waals surface area contributed by atoms with Crippen LogP contribution in [0.3, 0.4) is 0 Å². The second kappa shape index (κ2) is 13.2. The van der Waals surface area contributed by atoms with Crippen LogP contribution in [0, 0.1) is 6.92 Å². The topological polar surface area (TPSA) is 86.6 Å². The lowest BCUT2D eigenvalue weighted by atomic mass is 10.1. The Bertz CT molecular complexity index is 322. The maximum atomic E-state index is 10.2. The first-order valence-electron chi connectivity index (χ1n) is 5.66. The third-order valence-electron chi connectivity index (χ3n) is 1.73. The summed E-state index contributed by atoms with van der Waals surface area (Å²) in [7, 11) is 0. The number of benzene rings is 1. The second-order valence-electron chi connectivity index (χ2n) is 3.09. The molecule has 0 radical (unpaired) electrons. The lowest BCUT2D eigenvalue weighted by Gasteiger charge is -2.01. The molecule has 5 heteroatoms. The fraction of sp³-hybridized carbons (Fsp3) is 0.385. The molecule has 0 aromatic heterocycles. The number of carboxylic acids is 1. The largest absolute Gasteiger partial charge is 0.483 e. The van der Waals surface area contributed by atoms with Crippen molar-refractivity contribution in [2.75, 3.05) is 6.54 Å². The average molecular weight is 255 g/mol. The first-order chi connectivity index (χ1) is 8.60. The predicted octanol–water partition coefficient (Wildman–Crippen LogP) is 1.90. The van der Waals surface area contributed by atoms with Crippen LogP contribution in [0.5, 0.6) is 0 Å². The van der Waals surface area contributed by atoms with Gasteiger partial charge < -0.3 is 15.5 Å². The molecule has 1 aromatic rings. The molecule has 0 aliphatic carbocycles. The van der Waals surface area contributed by atoms with E-state index in [4.69, 9.17) is 15.0 Å². The van der Waals surface area contributed by atoms with Crippen molar-refractivity contribution >= 4 is 12.4 Å². The van der Waals surface area contributed by atoms with Gasteiger partial charge in [-0.05, 0) is 12.5 Å². The van der Waals surface area contributed by atoms with Gasteiger partial charge in [-0.25, -0.2) is 0 Å². The van der Waals surface area contributed by atoms with E-state index in [0.29, 0.717) is 6.54 Å². The van der Waals surface area contributed by atoms with E-state index in [0.717, 1.165) is 5.56 Å². The minimum Gasteiger partial charge on any atom is -0.483 e. The molecular weight excluding hydrogens is 234 g/mol. The summed E-state index contributed by atoms with van der Waals surface area (Å²) in [4.78, 5) is 18.5. The molecule has 0 heterocycles.